The molecule has 0 unspecified atom stereocenters. The van der Waals surface area contributed by atoms with Crippen molar-refractivity contribution in [2.24, 2.45) is 5.84 Å². The van der Waals surface area contributed by atoms with Crippen molar-refractivity contribution in [3.05, 3.63) is 29.6 Å². The van der Waals surface area contributed by atoms with Crippen molar-refractivity contribution in [1.29, 1.82) is 0 Å². The van der Waals surface area contributed by atoms with Gasteiger partial charge in [0.1, 0.15) is 5.69 Å². The summed E-state index contributed by atoms with van der Waals surface area (Å²) in [6.45, 7) is 4.56. The molecule has 20 heavy (non-hydrogen) atoms. The van der Waals surface area contributed by atoms with Gasteiger partial charge >= 0.3 is 0 Å². The van der Waals surface area contributed by atoms with Crippen LogP contribution < -0.4 is 16.6 Å². The molecular weight excluding hydrogens is 258 g/mol. The lowest BCUT2D eigenvalue weighted by Crippen LogP contribution is -2.38. The molecule has 110 valence electrons. The molecule has 1 aromatic heterocycles. The van der Waals surface area contributed by atoms with E-state index in [4.69, 9.17) is 5.84 Å². The molecule has 0 saturated carbocycles. The summed E-state index contributed by atoms with van der Waals surface area (Å²) in [6, 6.07) is 5.22. The standard InChI is InChI=1S/C13H21N5O2/c1-9(2)15-12(19)8-18(3)7-10-5-4-6-11(16-10)13(20)17-14/h4-6,9H,7-8,14H2,1-3H3,(H,15,19)(H,17,20). The number of nitrogens with two attached hydrogens (primary N) is 1. The number of aromatic nitrogens is 1. The lowest BCUT2D eigenvalue weighted by atomic mass is 10.2. The second-order valence-electron chi connectivity index (χ2n) is 4.88. The summed E-state index contributed by atoms with van der Waals surface area (Å²) in [5.74, 6) is 4.58. The number of nitrogens with zero attached hydrogens (tertiary/aromatic N) is 2. The first kappa shape index (κ1) is 16.1. The molecule has 7 heteroatoms. The van der Waals surface area contributed by atoms with E-state index < -0.39 is 5.91 Å². The number of rotatable bonds is 6. The average molecular weight is 279 g/mol. The van der Waals surface area contributed by atoms with Gasteiger partial charge in [0.2, 0.25) is 5.91 Å². The minimum absolute atomic E-state index is 0.0432. The van der Waals surface area contributed by atoms with Gasteiger partial charge in [-0.05, 0) is 33.0 Å². The molecule has 1 aromatic rings. The molecule has 0 spiro atoms. The van der Waals surface area contributed by atoms with Crippen LogP contribution >= 0.6 is 0 Å². The van der Waals surface area contributed by atoms with Gasteiger partial charge in [0, 0.05) is 12.6 Å². The van der Waals surface area contributed by atoms with E-state index in [1.807, 2.05) is 31.2 Å². The monoisotopic (exact) mass is 279 g/mol. The Kier molecular flexibility index (Phi) is 6.08. The molecule has 0 aliphatic rings. The number of carbonyl (C=O) groups excluding carboxylic acids is 2. The summed E-state index contributed by atoms with van der Waals surface area (Å²) in [7, 11) is 1.82. The van der Waals surface area contributed by atoms with Crippen LogP contribution in [0.4, 0.5) is 0 Å². The minimum atomic E-state index is -0.438. The molecule has 0 aliphatic carbocycles. The van der Waals surface area contributed by atoms with Gasteiger partial charge in [-0.2, -0.15) is 0 Å². The van der Waals surface area contributed by atoms with Gasteiger partial charge in [0.15, 0.2) is 0 Å². The van der Waals surface area contributed by atoms with Crippen LogP contribution in [0.2, 0.25) is 0 Å². The van der Waals surface area contributed by atoms with Crippen molar-refractivity contribution < 1.29 is 9.59 Å². The van der Waals surface area contributed by atoms with Crippen molar-refractivity contribution in [1.82, 2.24) is 20.6 Å². The van der Waals surface area contributed by atoms with Gasteiger partial charge < -0.3 is 5.32 Å². The molecule has 2 amide bonds. The van der Waals surface area contributed by atoms with Crippen LogP contribution in [-0.4, -0.2) is 41.3 Å². The van der Waals surface area contributed by atoms with Crippen LogP contribution in [-0.2, 0) is 11.3 Å². The van der Waals surface area contributed by atoms with E-state index in [1.165, 1.54) is 0 Å². The summed E-state index contributed by atoms with van der Waals surface area (Å²) < 4.78 is 0. The highest BCUT2D eigenvalue weighted by Crippen LogP contribution is 2.02. The maximum absolute atomic E-state index is 11.6. The SMILES string of the molecule is CC(C)NC(=O)CN(C)Cc1cccc(C(=O)NN)n1. The molecule has 0 radical (unpaired) electrons. The molecule has 0 aromatic carbocycles. The first-order valence-corrected chi connectivity index (χ1v) is 6.37. The number of hydrogen-bond donors (Lipinski definition) is 3. The molecule has 1 rings (SSSR count). The predicted molar refractivity (Wildman–Crippen MR) is 75.5 cm³/mol. The van der Waals surface area contributed by atoms with Crippen LogP contribution in [0.5, 0.6) is 0 Å². The van der Waals surface area contributed by atoms with Crippen LogP contribution in [0.15, 0.2) is 18.2 Å². The van der Waals surface area contributed by atoms with Gasteiger partial charge in [0.25, 0.3) is 5.91 Å². The Hall–Kier alpha value is -1.99. The first-order chi connectivity index (χ1) is 9.42. The van der Waals surface area contributed by atoms with Gasteiger partial charge in [-0.1, -0.05) is 6.07 Å². The van der Waals surface area contributed by atoms with Crippen LogP contribution in [0.25, 0.3) is 0 Å². The molecule has 0 saturated heterocycles. The second kappa shape index (κ2) is 7.56. The van der Waals surface area contributed by atoms with E-state index in [9.17, 15) is 9.59 Å². The lowest BCUT2D eigenvalue weighted by molar-refractivity contribution is -0.122. The van der Waals surface area contributed by atoms with E-state index in [1.54, 1.807) is 18.2 Å². The van der Waals surface area contributed by atoms with Crippen molar-refractivity contribution in [2.45, 2.75) is 26.4 Å². The molecule has 0 fully saturated rings. The molecular formula is C13H21N5O2. The van der Waals surface area contributed by atoms with Gasteiger partial charge in [-0.25, -0.2) is 10.8 Å². The predicted octanol–water partition coefficient (Wildman–Crippen LogP) is -0.358. The fraction of sp³-hybridized carbons (Fsp3) is 0.462. The molecule has 4 N–H and O–H groups in total. The Morgan fingerprint density at radius 1 is 1.40 bits per heavy atom. The summed E-state index contributed by atoms with van der Waals surface area (Å²) in [5, 5.41) is 2.82. The number of hydrazine groups is 1. The van der Waals surface area contributed by atoms with Gasteiger partial charge in [-0.3, -0.25) is 19.9 Å². The summed E-state index contributed by atoms with van der Waals surface area (Å²) in [6.07, 6.45) is 0. The Morgan fingerprint density at radius 3 is 2.70 bits per heavy atom. The number of carbonyl (C=O) groups is 2. The Balaban J connectivity index is 2.59. The third kappa shape index (κ3) is 5.33. The van der Waals surface area contributed by atoms with E-state index in [0.29, 0.717) is 12.2 Å². The highest BCUT2D eigenvalue weighted by molar-refractivity contribution is 5.91. The molecule has 1 heterocycles. The number of nitrogen functional groups attached to an aromatic ring is 1. The zero-order valence-corrected chi connectivity index (χ0v) is 12.0. The summed E-state index contributed by atoms with van der Waals surface area (Å²) in [4.78, 5) is 29.0. The van der Waals surface area contributed by atoms with Gasteiger partial charge in [0.05, 0.1) is 12.2 Å². The number of likely N-dealkylation sites (N-methyl/N-ethyl adjacent to an activating group) is 1. The number of hydrogen-bond acceptors (Lipinski definition) is 5. The Labute approximate surface area is 118 Å². The van der Waals surface area contributed by atoms with E-state index in [2.05, 4.69) is 10.3 Å². The molecule has 0 bridgehead atoms. The van der Waals surface area contributed by atoms with Crippen LogP contribution in [0, 0.1) is 0 Å². The fourth-order valence-corrected chi connectivity index (χ4v) is 1.71. The van der Waals surface area contributed by atoms with E-state index in [-0.39, 0.29) is 24.2 Å². The van der Waals surface area contributed by atoms with Crippen molar-refractivity contribution in [3.63, 3.8) is 0 Å². The largest absolute Gasteiger partial charge is 0.353 e. The summed E-state index contributed by atoms with van der Waals surface area (Å²) in [5.41, 5.74) is 2.99. The third-order valence-corrected chi connectivity index (χ3v) is 2.47. The number of amides is 2. The normalized spacial score (nSPS) is 10.7. The average Bonchev–Trinajstić information content (AvgIpc) is 2.36. The highest BCUT2D eigenvalue weighted by atomic mass is 16.2. The van der Waals surface area contributed by atoms with Gasteiger partial charge in [-0.15, -0.1) is 0 Å². The van der Waals surface area contributed by atoms with Crippen LogP contribution in [0.3, 0.4) is 0 Å². The Bertz CT molecular complexity index is 476. The van der Waals surface area contributed by atoms with Crippen molar-refractivity contribution in [3.8, 4) is 0 Å². The van der Waals surface area contributed by atoms with Crippen molar-refractivity contribution in [2.75, 3.05) is 13.6 Å². The number of pyridine rings is 1. The first-order valence-electron chi connectivity index (χ1n) is 6.37. The topological polar surface area (TPSA) is 100 Å². The molecule has 0 aliphatic heterocycles. The van der Waals surface area contributed by atoms with E-state index >= 15 is 0 Å². The molecule has 0 atom stereocenters. The minimum Gasteiger partial charge on any atom is -0.353 e. The highest BCUT2D eigenvalue weighted by Gasteiger charge is 2.10. The lowest BCUT2D eigenvalue weighted by Gasteiger charge is -2.17. The molecule has 7 nitrogen and oxygen atoms in total. The smallest absolute Gasteiger partial charge is 0.283 e. The van der Waals surface area contributed by atoms with Crippen molar-refractivity contribution >= 4 is 11.8 Å². The third-order valence-electron chi connectivity index (χ3n) is 2.47. The zero-order chi connectivity index (χ0) is 15.1. The maximum Gasteiger partial charge on any atom is 0.283 e. The maximum atomic E-state index is 11.6. The number of nitrogens with one attached hydrogen (secondary N) is 2. The fourth-order valence-electron chi connectivity index (χ4n) is 1.71. The quantitative estimate of drug-likeness (QED) is 0.375. The Morgan fingerprint density at radius 2 is 2.10 bits per heavy atom. The van der Waals surface area contributed by atoms with E-state index in [0.717, 1.165) is 0 Å². The second-order valence-corrected chi connectivity index (χ2v) is 4.88. The van der Waals surface area contributed by atoms with Crippen LogP contribution in [0.1, 0.15) is 30.0 Å². The summed E-state index contributed by atoms with van der Waals surface area (Å²) >= 11 is 0. The zero-order valence-electron chi connectivity index (χ0n) is 12.0.